The normalized spacial score (nSPS) is 11.0. The van der Waals surface area contributed by atoms with Crippen LogP contribution < -0.4 is 28.4 Å². The first kappa shape index (κ1) is 45.0. The molecule has 0 saturated carbocycles. The molecule has 6 rings (SSSR count). The lowest BCUT2D eigenvalue weighted by Crippen LogP contribution is -2.14. The Balaban J connectivity index is 0.000000231. The van der Waals surface area contributed by atoms with Crippen LogP contribution in [-0.4, -0.2) is 65.4 Å². The van der Waals surface area contributed by atoms with Crippen LogP contribution in [-0.2, 0) is 20.0 Å². The van der Waals surface area contributed by atoms with Crippen LogP contribution in [0.2, 0.25) is 0 Å². The van der Waals surface area contributed by atoms with E-state index in [-0.39, 0.29) is 48.1 Å². The molecule has 0 aliphatic carbocycles. The van der Waals surface area contributed by atoms with Crippen molar-refractivity contribution in [3.8, 4) is 23.0 Å². The van der Waals surface area contributed by atoms with Crippen molar-refractivity contribution < 1.29 is 60.0 Å². The number of nitrogens with one attached hydrogen (secondary N) is 2. The van der Waals surface area contributed by atoms with Gasteiger partial charge in [-0.25, -0.2) is 30.8 Å². The Morgan fingerprint density at radius 3 is 1.23 bits per heavy atom. The standard InChI is InChI=1S/C23H23NO6S.C21H18FNO6S/c1-16-3-12-22(17(2)15-16)31(27,28)24-19-6-10-21(11-7-19)30-14-13-29-20-8-4-18(5-9-20)23(25)26;22-19-3-1-2-4-20(19)30(26,27)23-16-7-11-18(12-8-16)29-14-13-28-17-9-5-15(6-10-17)21(24)25/h3-12,15,24H,13-14H2,1-2H3,(H,25,26);1-12,23H,13-14H2,(H,24,25). The number of aryl methyl sites for hydroxylation is 2. The summed E-state index contributed by atoms with van der Waals surface area (Å²) in [7, 11) is -7.72. The molecule has 0 aliphatic rings. The zero-order valence-corrected chi connectivity index (χ0v) is 34.4. The van der Waals surface area contributed by atoms with E-state index in [0.29, 0.717) is 34.2 Å². The molecule has 4 N–H and O–H groups in total. The van der Waals surface area contributed by atoms with Crippen molar-refractivity contribution in [1.29, 1.82) is 0 Å². The van der Waals surface area contributed by atoms with E-state index >= 15 is 0 Å². The molecule has 0 aliphatic heterocycles. The van der Waals surface area contributed by atoms with Crippen LogP contribution in [0.15, 0.2) is 149 Å². The lowest BCUT2D eigenvalue weighted by Gasteiger charge is -2.12. The van der Waals surface area contributed by atoms with Crippen LogP contribution in [0.1, 0.15) is 31.8 Å². The highest BCUT2D eigenvalue weighted by atomic mass is 32.2. The van der Waals surface area contributed by atoms with E-state index in [4.69, 9.17) is 29.2 Å². The van der Waals surface area contributed by atoms with Gasteiger partial charge in [0.1, 0.15) is 60.1 Å². The third kappa shape index (κ3) is 13.5. The summed E-state index contributed by atoms with van der Waals surface area (Å²) in [6.45, 7) is 4.67. The summed E-state index contributed by atoms with van der Waals surface area (Å²) in [5.74, 6) is -0.707. The summed E-state index contributed by atoms with van der Waals surface area (Å²) in [6, 6.07) is 35.1. The minimum absolute atomic E-state index is 0.171. The van der Waals surface area contributed by atoms with Crippen LogP contribution >= 0.6 is 0 Å². The first-order valence-corrected chi connectivity index (χ1v) is 21.3. The maximum absolute atomic E-state index is 13.7. The Kier molecular flexibility index (Phi) is 15.3. The van der Waals surface area contributed by atoms with E-state index in [1.807, 2.05) is 13.0 Å². The highest BCUT2D eigenvalue weighted by Crippen LogP contribution is 2.24. The van der Waals surface area contributed by atoms with Crippen molar-refractivity contribution in [3.05, 3.63) is 168 Å². The topological polar surface area (TPSA) is 204 Å². The number of benzene rings is 6. The molecule has 0 fully saturated rings. The molecule has 0 spiro atoms. The molecule has 0 saturated heterocycles. The van der Waals surface area contributed by atoms with Gasteiger partial charge in [-0.05, 0) is 135 Å². The van der Waals surface area contributed by atoms with Crippen LogP contribution in [0.5, 0.6) is 23.0 Å². The van der Waals surface area contributed by atoms with E-state index in [2.05, 4.69) is 9.44 Å². The third-order valence-electron chi connectivity index (χ3n) is 8.40. The van der Waals surface area contributed by atoms with Gasteiger partial charge in [0, 0.05) is 11.4 Å². The number of hydrogen-bond acceptors (Lipinski definition) is 10. The maximum atomic E-state index is 13.7. The fraction of sp³-hybridized carbons (Fsp3) is 0.136. The average molecular weight is 873 g/mol. The highest BCUT2D eigenvalue weighted by molar-refractivity contribution is 7.93. The summed E-state index contributed by atoms with van der Waals surface area (Å²) in [6.07, 6.45) is 0. The summed E-state index contributed by atoms with van der Waals surface area (Å²) in [5.41, 5.74) is 2.74. The summed E-state index contributed by atoms with van der Waals surface area (Å²) < 4.78 is 90.5. The Hall–Kier alpha value is -7.11. The largest absolute Gasteiger partial charge is 0.490 e. The van der Waals surface area contributed by atoms with Crippen molar-refractivity contribution >= 4 is 43.4 Å². The van der Waals surface area contributed by atoms with Gasteiger partial charge in [0.2, 0.25) is 0 Å². The van der Waals surface area contributed by atoms with Crippen molar-refractivity contribution in [1.82, 2.24) is 0 Å². The van der Waals surface area contributed by atoms with Gasteiger partial charge >= 0.3 is 11.9 Å². The molecule has 6 aromatic carbocycles. The van der Waals surface area contributed by atoms with Crippen molar-refractivity contribution in [3.63, 3.8) is 0 Å². The second-order valence-corrected chi connectivity index (χ2v) is 16.3. The number of rotatable bonds is 18. The summed E-state index contributed by atoms with van der Waals surface area (Å²) in [5, 5.41) is 17.7. The molecule has 0 atom stereocenters. The molecule has 61 heavy (non-hydrogen) atoms. The number of carboxylic acid groups (broad SMARTS) is 2. The maximum Gasteiger partial charge on any atom is 0.335 e. The number of carboxylic acids is 2. The lowest BCUT2D eigenvalue weighted by atomic mass is 10.2. The molecule has 6 aromatic rings. The predicted octanol–water partition coefficient (Wildman–Crippen LogP) is 8.04. The fourth-order valence-electron chi connectivity index (χ4n) is 5.45. The summed E-state index contributed by atoms with van der Waals surface area (Å²) >= 11 is 0. The van der Waals surface area contributed by atoms with Gasteiger partial charge in [0.05, 0.1) is 16.0 Å². The molecular weight excluding hydrogens is 832 g/mol. The Morgan fingerprint density at radius 2 is 0.869 bits per heavy atom. The average Bonchev–Trinajstić information content (AvgIpc) is 3.22. The zero-order chi connectivity index (χ0) is 44.0. The predicted molar refractivity (Wildman–Crippen MR) is 226 cm³/mol. The van der Waals surface area contributed by atoms with E-state index in [1.54, 1.807) is 79.7 Å². The number of halogens is 1. The highest BCUT2D eigenvalue weighted by Gasteiger charge is 2.19. The van der Waals surface area contributed by atoms with E-state index in [0.717, 1.165) is 11.6 Å². The molecule has 0 bridgehead atoms. The van der Waals surface area contributed by atoms with E-state index in [1.165, 1.54) is 54.6 Å². The van der Waals surface area contributed by atoms with Gasteiger partial charge < -0.3 is 29.2 Å². The van der Waals surface area contributed by atoms with Crippen molar-refractivity contribution in [2.24, 2.45) is 0 Å². The van der Waals surface area contributed by atoms with E-state index < -0.39 is 42.7 Å². The minimum Gasteiger partial charge on any atom is -0.490 e. The van der Waals surface area contributed by atoms with Crippen molar-refractivity contribution in [2.45, 2.75) is 23.6 Å². The van der Waals surface area contributed by atoms with Crippen LogP contribution in [0.25, 0.3) is 0 Å². The Morgan fingerprint density at radius 1 is 0.508 bits per heavy atom. The molecule has 0 aromatic heterocycles. The molecule has 0 unspecified atom stereocenters. The van der Waals surface area contributed by atoms with Gasteiger partial charge in [-0.3, -0.25) is 9.44 Å². The second-order valence-electron chi connectivity index (χ2n) is 13.0. The molecule has 0 heterocycles. The van der Waals surface area contributed by atoms with Crippen LogP contribution in [0.3, 0.4) is 0 Å². The number of anilines is 2. The summed E-state index contributed by atoms with van der Waals surface area (Å²) in [4.78, 5) is 21.4. The molecular formula is C44H41FN2O12S2. The number of aromatic carboxylic acids is 2. The Bertz CT molecular complexity index is 2640. The number of carbonyl (C=O) groups is 2. The number of hydrogen-bond donors (Lipinski definition) is 4. The zero-order valence-electron chi connectivity index (χ0n) is 32.8. The minimum atomic E-state index is -4.04. The smallest absolute Gasteiger partial charge is 0.335 e. The molecule has 0 radical (unpaired) electrons. The molecule has 318 valence electrons. The monoisotopic (exact) mass is 872 g/mol. The lowest BCUT2D eigenvalue weighted by molar-refractivity contribution is 0.0686. The van der Waals surface area contributed by atoms with Gasteiger partial charge in [-0.15, -0.1) is 0 Å². The van der Waals surface area contributed by atoms with Crippen LogP contribution in [0.4, 0.5) is 15.8 Å². The third-order valence-corrected chi connectivity index (χ3v) is 11.4. The molecule has 14 nitrogen and oxygen atoms in total. The van der Waals surface area contributed by atoms with Gasteiger partial charge in [-0.2, -0.15) is 0 Å². The molecule has 0 amide bonds. The van der Waals surface area contributed by atoms with Gasteiger partial charge in [0.15, 0.2) is 0 Å². The van der Waals surface area contributed by atoms with Gasteiger partial charge in [-0.1, -0.05) is 29.8 Å². The number of ether oxygens (including phenoxy) is 4. The Labute approximate surface area is 352 Å². The SMILES string of the molecule is Cc1ccc(S(=O)(=O)Nc2ccc(OCCOc3ccc(C(=O)O)cc3)cc2)c(C)c1.O=C(O)c1ccc(OCCOc2ccc(NS(=O)(=O)c3ccccc3F)cc2)cc1. The van der Waals surface area contributed by atoms with Crippen LogP contribution in [0, 0.1) is 19.7 Å². The van der Waals surface area contributed by atoms with Gasteiger partial charge in [0.25, 0.3) is 20.0 Å². The molecule has 17 heteroatoms. The quantitative estimate of drug-likeness (QED) is 0.0606. The van der Waals surface area contributed by atoms with Crippen molar-refractivity contribution in [2.75, 3.05) is 35.9 Å². The second kappa shape index (κ2) is 20.7. The van der Waals surface area contributed by atoms with E-state index in [9.17, 15) is 30.8 Å². The fourth-order valence-corrected chi connectivity index (χ4v) is 7.87. The number of sulfonamides is 2. The first-order chi connectivity index (χ1) is 29.1. The first-order valence-electron chi connectivity index (χ1n) is 18.3.